The molecule has 0 radical (unpaired) electrons. The summed E-state index contributed by atoms with van der Waals surface area (Å²) in [5.41, 5.74) is 3.67. The minimum atomic E-state index is -0.381. The number of nitriles is 1. The lowest BCUT2D eigenvalue weighted by atomic mass is 10.1. The Bertz CT molecular complexity index is 658. The molecule has 1 unspecified atom stereocenters. The summed E-state index contributed by atoms with van der Waals surface area (Å²) < 4.78 is 13.1. The minimum Gasteiger partial charge on any atom is -0.377 e. The van der Waals surface area contributed by atoms with Gasteiger partial charge in [0.15, 0.2) is 0 Å². The highest BCUT2D eigenvalue weighted by Crippen LogP contribution is 2.34. The largest absolute Gasteiger partial charge is 0.377 e. The number of aryl methyl sites for hydroxylation is 1. The molecule has 94 valence electrons. The fraction of sp³-hybridized carbons (Fsp3) is 0.188. The van der Waals surface area contributed by atoms with Crippen LogP contribution in [0.1, 0.15) is 29.2 Å². The Morgan fingerprint density at radius 3 is 2.89 bits per heavy atom. The third kappa shape index (κ3) is 2.17. The fourth-order valence-electron chi connectivity index (χ4n) is 2.63. The molecule has 1 aliphatic carbocycles. The normalized spacial score (nSPS) is 16.7. The van der Waals surface area contributed by atoms with Crippen molar-refractivity contribution in [3.63, 3.8) is 0 Å². The van der Waals surface area contributed by atoms with Gasteiger partial charge in [-0.1, -0.05) is 24.3 Å². The van der Waals surface area contributed by atoms with E-state index in [0.29, 0.717) is 11.3 Å². The van der Waals surface area contributed by atoms with E-state index in [-0.39, 0.29) is 11.9 Å². The molecule has 0 aliphatic heterocycles. The number of fused-ring (bicyclic) bond motifs is 1. The van der Waals surface area contributed by atoms with Crippen molar-refractivity contribution in [1.29, 1.82) is 5.26 Å². The minimum absolute atomic E-state index is 0.203. The first kappa shape index (κ1) is 11.7. The highest BCUT2D eigenvalue weighted by atomic mass is 19.1. The third-order valence-corrected chi connectivity index (χ3v) is 3.56. The molecule has 0 bridgehead atoms. The molecule has 1 aliphatic rings. The Hall–Kier alpha value is -2.34. The number of halogens is 1. The van der Waals surface area contributed by atoms with Crippen molar-refractivity contribution in [3.8, 4) is 6.07 Å². The summed E-state index contributed by atoms with van der Waals surface area (Å²) in [6, 6.07) is 14.8. The molecule has 0 aromatic heterocycles. The van der Waals surface area contributed by atoms with E-state index >= 15 is 0 Å². The zero-order valence-electron chi connectivity index (χ0n) is 10.4. The second-order valence-corrected chi connectivity index (χ2v) is 4.74. The van der Waals surface area contributed by atoms with Gasteiger partial charge in [0.05, 0.1) is 17.3 Å². The number of rotatable bonds is 2. The predicted molar refractivity (Wildman–Crippen MR) is 72.2 cm³/mol. The number of anilines is 1. The Labute approximate surface area is 111 Å². The lowest BCUT2D eigenvalue weighted by Gasteiger charge is -2.16. The molecule has 0 saturated heterocycles. The molecule has 3 heteroatoms. The molecule has 1 N–H and O–H groups in total. The van der Waals surface area contributed by atoms with Crippen LogP contribution in [0.3, 0.4) is 0 Å². The van der Waals surface area contributed by atoms with Gasteiger partial charge in [0.1, 0.15) is 11.9 Å². The average molecular weight is 252 g/mol. The predicted octanol–water partition coefficient (Wildman–Crippen LogP) is 3.80. The van der Waals surface area contributed by atoms with Crippen LogP contribution in [-0.4, -0.2) is 0 Å². The molecule has 2 aromatic carbocycles. The van der Waals surface area contributed by atoms with Crippen molar-refractivity contribution in [3.05, 3.63) is 65.0 Å². The molecular formula is C16H13FN2. The Morgan fingerprint density at radius 2 is 2.05 bits per heavy atom. The summed E-state index contributed by atoms with van der Waals surface area (Å²) in [6.45, 7) is 0. The second kappa shape index (κ2) is 4.74. The number of nitrogens with zero attached hydrogens (tertiary/aromatic N) is 1. The standard InChI is InChI=1S/C16H13FN2/c17-13-6-8-15(12(9-13)10-18)19-16-7-5-11-3-1-2-4-14(11)16/h1-4,6,8-9,16,19H,5,7H2. The summed E-state index contributed by atoms with van der Waals surface area (Å²) in [5.74, 6) is -0.381. The van der Waals surface area contributed by atoms with Crippen LogP contribution in [0.15, 0.2) is 42.5 Å². The van der Waals surface area contributed by atoms with Gasteiger partial charge in [-0.2, -0.15) is 5.26 Å². The monoisotopic (exact) mass is 252 g/mol. The van der Waals surface area contributed by atoms with Gasteiger partial charge in [-0.05, 0) is 42.2 Å². The highest BCUT2D eigenvalue weighted by Gasteiger charge is 2.22. The van der Waals surface area contributed by atoms with Crippen LogP contribution in [0, 0.1) is 17.1 Å². The van der Waals surface area contributed by atoms with Crippen molar-refractivity contribution >= 4 is 5.69 Å². The van der Waals surface area contributed by atoms with Crippen LogP contribution in [0.2, 0.25) is 0 Å². The van der Waals surface area contributed by atoms with Gasteiger partial charge in [0.2, 0.25) is 0 Å². The molecule has 1 atom stereocenters. The van der Waals surface area contributed by atoms with Crippen molar-refractivity contribution in [2.45, 2.75) is 18.9 Å². The van der Waals surface area contributed by atoms with Crippen LogP contribution in [0.4, 0.5) is 10.1 Å². The molecule has 0 spiro atoms. The first-order valence-electron chi connectivity index (χ1n) is 6.32. The van der Waals surface area contributed by atoms with E-state index in [4.69, 9.17) is 5.26 Å². The van der Waals surface area contributed by atoms with Crippen molar-refractivity contribution in [2.24, 2.45) is 0 Å². The van der Waals surface area contributed by atoms with Crippen LogP contribution in [0.5, 0.6) is 0 Å². The van der Waals surface area contributed by atoms with E-state index in [2.05, 4.69) is 17.4 Å². The Morgan fingerprint density at radius 1 is 1.21 bits per heavy atom. The molecular weight excluding hydrogens is 239 g/mol. The molecule has 0 saturated carbocycles. The van der Waals surface area contributed by atoms with Gasteiger partial charge >= 0.3 is 0 Å². The van der Waals surface area contributed by atoms with Gasteiger partial charge in [0, 0.05) is 0 Å². The van der Waals surface area contributed by atoms with Gasteiger partial charge < -0.3 is 5.32 Å². The van der Waals surface area contributed by atoms with E-state index in [1.165, 1.54) is 23.3 Å². The maximum absolute atomic E-state index is 13.1. The van der Waals surface area contributed by atoms with E-state index < -0.39 is 0 Å². The van der Waals surface area contributed by atoms with E-state index in [9.17, 15) is 4.39 Å². The lowest BCUT2D eigenvalue weighted by molar-refractivity contribution is 0.627. The van der Waals surface area contributed by atoms with Gasteiger partial charge in [0.25, 0.3) is 0 Å². The van der Waals surface area contributed by atoms with Crippen LogP contribution in [-0.2, 0) is 6.42 Å². The summed E-state index contributed by atoms with van der Waals surface area (Å²) in [6.07, 6.45) is 2.04. The first-order valence-corrected chi connectivity index (χ1v) is 6.32. The maximum atomic E-state index is 13.1. The first-order chi connectivity index (χ1) is 9.28. The number of nitrogens with one attached hydrogen (secondary N) is 1. The maximum Gasteiger partial charge on any atom is 0.124 e. The molecule has 2 aromatic rings. The molecule has 3 rings (SSSR count). The summed E-state index contributed by atoms with van der Waals surface area (Å²) in [7, 11) is 0. The molecule has 0 amide bonds. The SMILES string of the molecule is N#Cc1cc(F)ccc1NC1CCc2ccccc21. The lowest BCUT2D eigenvalue weighted by Crippen LogP contribution is -2.08. The average Bonchev–Trinajstić information content (AvgIpc) is 2.84. The van der Waals surface area contributed by atoms with Crippen LogP contribution in [0.25, 0.3) is 0 Å². The zero-order chi connectivity index (χ0) is 13.2. The summed E-state index contributed by atoms with van der Waals surface area (Å²) in [5, 5.41) is 12.4. The molecule has 0 heterocycles. The second-order valence-electron chi connectivity index (χ2n) is 4.74. The summed E-state index contributed by atoms with van der Waals surface area (Å²) >= 11 is 0. The van der Waals surface area contributed by atoms with Gasteiger partial charge in [-0.15, -0.1) is 0 Å². The van der Waals surface area contributed by atoms with Crippen molar-refractivity contribution < 1.29 is 4.39 Å². The number of benzene rings is 2. The topological polar surface area (TPSA) is 35.8 Å². The van der Waals surface area contributed by atoms with Crippen molar-refractivity contribution in [1.82, 2.24) is 0 Å². The number of hydrogen-bond donors (Lipinski definition) is 1. The van der Waals surface area contributed by atoms with Crippen LogP contribution >= 0.6 is 0 Å². The van der Waals surface area contributed by atoms with Gasteiger partial charge in [-0.25, -0.2) is 4.39 Å². The third-order valence-electron chi connectivity index (χ3n) is 3.56. The smallest absolute Gasteiger partial charge is 0.124 e. The Kier molecular flexibility index (Phi) is 2.92. The van der Waals surface area contributed by atoms with Crippen molar-refractivity contribution in [2.75, 3.05) is 5.32 Å². The number of hydrogen-bond acceptors (Lipinski definition) is 2. The van der Waals surface area contributed by atoms with Gasteiger partial charge in [-0.3, -0.25) is 0 Å². The Balaban J connectivity index is 1.90. The fourth-order valence-corrected chi connectivity index (χ4v) is 2.63. The van der Waals surface area contributed by atoms with E-state index in [0.717, 1.165) is 12.8 Å². The molecule has 0 fully saturated rings. The quantitative estimate of drug-likeness (QED) is 0.882. The zero-order valence-corrected chi connectivity index (χ0v) is 10.4. The molecule has 2 nitrogen and oxygen atoms in total. The summed E-state index contributed by atoms with van der Waals surface area (Å²) in [4.78, 5) is 0. The van der Waals surface area contributed by atoms with E-state index in [1.807, 2.05) is 18.2 Å². The van der Waals surface area contributed by atoms with E-state index in [1.54, 1.807) is 6.07 Å². The highest BCUT2D eigenvalue weighted by molar-refractivity contribution is 5.59. The molecule has 19 heavy (non-hydrogen) atoms. The van der Waals surface area contributed by atoms with Crippen LogP contribution < -0.4 is 5.32 Å².